The minimum absolute atomic E-state index is 0.0193. The summed E-state index contributed by atoms with van der Waals surface area (Å²) in [6.45, 7) is 3.66. The first-order chi connectivity index (χ1) is 13.4. The van der Waals surface area contributed by atoms with Gasteiger partial charge in [-0.1, -0.05) is 12.1 Å². The van der Waals surface area contributed by atoms with Crippen LogP contribution in [0.15, 0.2) is 52.6 Å². The fraction of sp³-hybridized carbons (Fsp3) is 0.238. The number of fused-ring (bicyclic) bond motifs is 1. The molecule has 0 fully saturated rings. The highest BCUT2D eigenvalue weighted by molar-refractivity contribution is 6.31. The predicted molar refractivity (Wildman–Crippen MR) is 107 cm³/mol. The van der Waals surface area contributed by atoms with Crippen molar-refractivity contribution in [3.8, 4) is 11.5 Å². The number of hydrogen-bond donors (Lipinski definition) is 2. The van der Waals surface area contributed by atoms with Crippen molar-refractivity contribution >= 4 is 28.2 Å². The smallest absolute Gasteiger partial charge is 0.234 e. The summed E-state index contributed by atoms with van der Waals surface area (Å²) in [6.07, 6.45) is 0. The van der Waals surface area contributed by atoms with Gasteiger partial charge in [0.25, 0.3) is 0 Å². The van der Waals surface area contributed by atoms with Gasteiger partial charge >= 0.3 is 0 Å². The van der Waals surface area contributed by atoms with Crippen molar-refractivity contribution < 1.29 is 19.0 Å². The number of aliphatic hydroxyl groups excluding tert-OH is 1. The number of anilines is 1. The molecule has 28 heavy (non-hydrogen) atoms. The zero-order valence-corrected chi connectivity index (χ0v) is 16.1. The lowest BCUT2D eigenvalue weighted by atomic mass is 10.0. The van der Waals surface area contributed by atoms with E-state index >= 15 is 0 Å². The summed E-state index contributed by atoms with van der Waals surface area (Å²) in [6, 6.07) is 12.7. The maximum atomic E-state index is 11.0. The van der Waals surface area contributed by atoms with Gasteiger partial charge < -0.3 is 23.9 Å². The van der Waals surface area contributed by atoms with E-state index in [9.17, 15) is 5.11 Å². The Balaban J connectivity index is 1.84. The van der Waals surface area contributed by atoms with Crippen molar-refractivity contribution in [2.24, 2.45) is 0 Å². The minimum Gasteiger partial charge on any atom is -0.509 e. The third-order valence-corrected chi connectivity index (χ3v) is 4.94. The fourth-order valence-electron chi connectivity index (χ4n) is 3.47. The molecule has 0 saturated heterocycles. The molecule has 0 spiro atoms. The number of oxazole rings is 1. The second kappa shape index (κ2) is 6.30. The first-order valence-corrected chi connectivity index (χ1v) is 8.78. The van der Waals surface area contributed by atoms with Gasteiger partial charge in [0.15, 0.2) is 5.58 Å². The SMILES string of the molecule is COc1cc(OC)cc(N2C(=N)C(c3nc4ccccc4o3)=C(O)C2(C)C)c1. The van der Waals surface area contributed by atoms with Crippen LogP contribution in [0.3, 0.4) is 0 Å². The average Bonchev–Trinajstić information content (AvgIpc) is 3.17. The predicted octanol–water partition coefficient (Wildman–Crippen LogP) is 4.39. The second-order valence-corrected chi connectivity index (χ2v) is 7.02. The summed E-state index contributed by atoms with van der Waals surface area (Å²) in [7, 11) is 3.14. The van der Waals surface area contributed by atoms with E-state index in [1.165, 1.54) is 0 Å². The molecule has 3 aromatic rings. The Morgan fingerprint density at radius 3 is 2.32 bits per heavy atom. The number of amidine groups is 1. The van der Waals surface area contributed by atoms with E-state index < -0.39 is 5.54 Å². The van der Waals surface area contributed by atoms with Crippen LogP contribution >= 0.6 is 0 Å². The monoisotopic (exact) mass is 379 g/mol. The summed E-state index contributed by atoms with van der Waals surface area (Å²) >= 11 is 0. The molecule has 0 saturated carbocycles. The fourth-order valence-corrected chi connectivity index (χ4v) is 3.47. The second-order valence-electron chi connectivity index (χ2n) is 7.02. The lowest BCUT2D eigenvalue weighted by Crippen LogP contribution is -2.43. The quantitative estimate of drug-likeness (QED) is 0.698. The van der Waals surface area contributed by atoms with Gasteiger partial charge in [0.2, 0.25) is 5.89 Å². The topological polar surface area (TPSA) is 91.8 Å². The Hall–Kier alpha value is -3.48. The molecule has 0 unspecified atom stereocenters. The zero-order chi connectivity index (χ0) is 20.1. The van der Waals surface area contributed by atoms with Gasteiger partial charge in [-0.05, 0) is 26.0 Å². The molecule has 0 amide bonds. The van der Waals surface area contributed by atoms with E-state index in [1.807, 2.05) is 32.0 Å². The van der Waals surface area contributed by atoms with Gasteiger partial charge in [0.1, 0.15) is 34.2 Å². The molecule has 7 heteroatoms. The number of para-hydroxylation sites is 2. The number of nitrogens with one attached hydrogen (secondary N) is 1. The molecular weight excluding hydrogens is 358 g/mol. The van der Waals surface area contributed by atoms with Crippen molar-refractivity contribution in [3.63, 3.8) is 0 Å². The van der Waals surface area contributed by atoms with Crippen LogP contribution in [-0.2, 0) is 0 Å². The first-order valence-electron chi connectivity index (χ1n) is 8.78. The van der Waals surface area contributed by atoms with Crippen molar-refractivity contribution in [1.82, 2.24) is 4.98 Å². The van der Waals surface area contributed by atoms with E-state index in [1.54, 1.807) is 43.4 Å². The summed E-state index contributed by atoms with van der Waals surface area (Å²) in [5.74, 6) is 1.50. The molecule has 1 aliphatic rings. The van der Waals surface area contributed by atoms with Crippen LogP contribution in [0.1, 0.15) is 19.7 Å². The normalized spacial score (nSPS) is 16.1. The number of aromatic nitrogens is 1. The third kappa shape index (κ3) is 2.58. The highest BCUT2D eigenvalue weighted by atomic mass is 16.5. The van der Waals surface area contributed by atoms with Gasteiger partial charge in [-0.25, -0.2) is 4.98 Å². The summed E-state index contributed by atoms with van der Waals surface area (Å²) in [4.78, 5) is 6.16. The van der Waals surface area contributed by atoms with Gasteiger partial charge in [0, 0.05) is 18.2 Å². The Morgan fingerprint density at radius 2 is 1.71 bits per heavy atom. The number of benzene rings is 2. The van der Waals surface area contributed by atoms with Crippen molar-refractivity contribution in [1.29, 1.82) is 5.41 Å². The molecule has 2 heterocycles. The molecule has 0 atom stereocenters. The molecule has 7 nitrogen and oxygen atoms in total. The summed E-state index contributed by atoms with van der Waals surface area (Å²) in [5, 5.41) is 19.8. The molecule has 1 aliphatic heterocycles. The zero-order valence-electron chi connectivity index (χ0n) is 16.1. The Kier molecular flexibility index (Phi) is 4.03. The summed E-state index contributed by atoms with van der Waals surface area (Å²) < 4.78 is 16.5. The lowest BCUT2D eigenvalue weighted by molar-refractivity contribution is 0.332. The Bertz CT molecular complexity index is 1060. The van der Waals surface area contributed by atoms with E-state index in [4.69, 9.17) is 19.3 Å². The van der Waals surface area contributed by atoms with E-state index in [0.29, 0.717) is 28.3 Å². The first kappa shape index (κ1) is 17.9. The van der Waals surface area contributed by atoms with Crippen LogP contribution in [0.25, 0.3) is 16.7 Å². The van der Waals surface area contributed by atoms with Crippen molar-refractivity contribution in [2.45, 2.75) is 19.4 Å². The number of ether oxygens (including phenoxy) is 2. The van der Waals surface area contributed by atoms with Crippen LogP contribution in [0.2, 0.25) is 0 Å². The standard InChI is InChI=1S/C21H21N3O4/c1-21(2)18(25)17(20-23-15-7-5-6-8-16(15)28-20)19(22)24(21)12-9-13(26-3)11-14(10-12)27-4/h5-11,22,25H,1-4H3. The van der Waals surface area contributed by atoms with E-state index in [-0.39, 0.29) is 23.1 Å². The van der Waals surface area contributed by atoms with Crippen LogP contribution in [0.4, 0.5) is 5.69 Å². The maximum absolute atomic E-state index is 11.0. The van der Waals surface area contributed by atoms with E-state index in [0.717, 1.165) is 0 Å². The van der Waals surface area contributed by atoms with Gasteiger partial charge in [0.05, 0.1) is 25.4 Å². The number of aliphatic hydroxyl groups is 1. The van der Waals surface area contributed by atoms with Crippen LogP contribution in [-0.4, -0.2) is 35.7 Å². The molecule has 144 valence electrons. The third-order valence-electron chi connectivity index (χ3n) is 4.94. The van der Waals surface area contributed by atoms with Gasteiger partial charge in [-0.2, -0.15) is 0 Å². The van der Waals surface area contributed by atoms with Crippen molar-refractivity contribution in [3.05, 3.63) is 54.1 Å². The number of nitrogens with zero attached hydrogens (tertiary/aromatic N) is 2. The highest BCUT2D eigenvalue weighted by Gasteiger charge is 2.46. The van der Waals surface area contributed by atoms with Gasteiger partial charge in [-0.15, -0.1) is 0 Å². The van der Waals surface area contributed by atoms with Crippen LogP contribution in [0.5, 0.6) is 11.5 Å². The van der Waals surface area contributed by atoms with Gasteiger partial charge in [-0.3, -0.25) is 5.41 Å². The van der Waals surface area contributed by atoms with Crippen molar-refractivity contribution in [2.75, 3.05) is 19.1 Å². The molecule has 4 rings (SSSR count). The van der Waals surface area contributed by atoms with Crippen LogP contribution < -0.4 is 14.4 Å². The number of rotatable bonds is 4. The number of methoxy groups -OCH3 is 2. The largest absolute Gasteiger partial charge is 0.509 e. The number of hydrogen-bond acceptors (Lipinski definition) is 6. The molecule has 2 aromatic carbocycles. The Morgan fingerprint density at radius 1 is 1.07 bits per heavy atom. The molecule has 0 radical (unpaired) electrons. The van der Waals surface area contributed by atoms with E-state index in [2.05, 4.69) is 4.98 Å². The maximum Gasteiger partial charge on any atom is 0.234 e. The Labute approximate surface area is 162 Å². The highest BCUT2D eigenvalue weighted by Crippen LogP contribution is 2.43. The lowest BCUT2D eigenvalue weighted by Gasteiger charge is -2.33. The summed E-state index contributed by atoms with van der Waals surface area (Å²) in [5.41, 5.74) is 1.31. The molecule has 2 N–H and O–H groups in total. The van der Waals surface area contributed by atoms with Crippen LogP contribution in [0, 0.1) is 5.41 Å². The minimum atomic E-state index is -0.884. The molecular formula is C21H21N3O4. The average molecular weight is 379 g/mol. The molecule has 0 aliphatic carbocycles. The molecule has 1 aromatic heterocycles. The molecule has 0 bridgehead atoms.